The van der Waals surface area contributed by atoms with Gasteiger partial charge < -0.3 is 10.4 Å². The maximum atomic E-state index is 10.1. The van der Waals surface area contributed by atoms with Crippen molar-refractivity contribution in [3.8, 4) is 5.75 Å². The standard InChI is InChI=1S/C7H6O2.C5H11N/c8-5-6-3-1-2-4-7(6)9;1-2-4-6-5-3-1/h1-5,9H;6H,1-5H2. The van der Waals surface area contributed by atoms with Crippen LogP contribution in [0.2, 0.25) is 0 Å². The lowest BCUT2D eigenvalue weighted by atomic mass is 10.2. The minimum atomic E-state index is 0.0347. The Bertz CT molecular complexity index is 284. The summed E-state index contributed by atoms with van der Waals surface area (Å²) in [6, 6.07) is 6.40. The van der Waals surface area contributed by atoms with Crippen molar-refractivity contribution in [3.63, 3.8) is 0 Å². The Labute approximate surface area is 90.1 Å². The van der Waals surface area contributed by atoms with Crippen molar-refractivity contribution < 1.29 is 9.90 Å². The van der Waals surface area contributed by atoms with Crippen LogP contribution in [0, 0.1) is 0 Å². The molecule has 15 heavy (non-hydrogen) atoms. The van der Waals surface area contributed by atoms with Gasteiger partial charge in [-0.3, -0.25) is 4.79 Å². The first kappa shape index (κ1) is 11.7. The molecule has 0 spiro atoms. The van der Waals surface area contributed by atoms with Gasteiger partial charge in [-0.15, -0.1) is 0 Å². The summed E-state index contributed by atoms with van der Waals surface area (Å²) in [7, 11) is 0. The van der Waals surface area contributed by atoms with E-state index in [4.69, 9.17) is 5.11 Å². The Morgan fingerprint density at radius 2 is 1.80 bits per heavy atom. The van der Waals surface area contributed by atoms with Gasteiger partial charge in [0.1, 0.15) is 5.75 Å². The lowest BCUT2D eigenvalue weighted by molar-refractivity contribution is 0.112. The number of hydrogen-bond donors (Lipinski definition) is 2. The van der Waals surface area contributed by atoms with Gasteiger partial charge in [-0.25, -0.2) is 0 Å². The van der Waals surface area contributed by atoms with Crippen LogP contribution in [0.1, 0.15) is 29.6 Å². The summed E-state index contributed by atoms with van der Waals surface area (Å²) in [5.74, 6) is 0.0347. The van der Waals surface area contributed by atoms with Gasteiger partial charge in [-0.2, -0.15) is 0 Å². The number of carbonyl (C=O) groups is 1. The van der Waals surface area contributed by atoms with E-state index in [0.29, 0.717) is 11.8 Å². The average molecular weight is 207 g/mol. The third-order valence-electron chi connectivity index (χ3n) is 2.27. The van der Waals surface area contributed by atoms with Crippen LogP contribution in [0.4, 0.5) is 0 Å². The molecule has 2 rings (SSSR count). The minimum absolute atomic E-state index is 0.0347. The smallest absolute Gasteiger partial charge is 0.153 e. The van der Waals surface area contributed by atoms with Crippen LogP contribution < -0.4 is 5.32 Å². The largest absolute Gasteiger partial charge is 0.507 e. The molecule has 2 N–H and O–H groups in total. The van der Waals surface area contributed by atoms with Gasteiger partial charge in [0.15, 0.2) is 6.29 Å². The molecule has 0 radical (unpaired) electrons. The quantitative estimate of drug-likeness (QED) is 0.692. The molecule has 1 aromatic rings. The van der Waals surface area contributed by atoms with E-state index < -0.39 is 0 Å². The summed E-state index contributed by atoms with van der Waals surface area (Å²) in [5.41, 5.74) is 0.331. The summed E-state index contributed by atoms with van der Waals surface area (Å²) in [5, 5.41) is 12.2. The van der Waals surface area contributed by atoms with Gasteiger partial charge in [0.25, 0.3) is 0 Å². The van der Waals surface area contributed by atoms with Gasteiger partial charge in [-0.05, 0) is 38.1 Å². The molecule has 0 bridgehead atoms. The molecule has 1 aliphatic heterocycles. The fourth-order valence-electron chi connectivity index (χ4n) is 1.39. The minimum Gasteiger partial charge on any atom is -0.507 e. The predicted molar refractivity (Wildman–Crippen MR) is 60.2 cm³/mol. The van der Waals surface area contributed by atoms with Crippen LogP contribution in [-0.4, -0.2) is 24.5 Å². The molecule has 0 unspecified atom stereocenters. The van der Waals surface area contributed by atoms with E-state index in [-0.39, 0.29) is 5.75 Å². The van der Waals surface area contributed by atoms with Crippen molar-refractivity contribution in [2.45, 2.75) is 19.3 Å². The average Bonchev–Trinajstić information content (AvgIpc) is 2.33. The molecule has 82 valence electrons. The summed E-state index contributed by atoms with van der Waals surface area (Å²) >= 11 is 0. The van der Waals surface area contributed by atoms with Gasteiger partial charge in [0, 0.05) is 0 Å². The van der Waals surface area contributed by atoms with E-state index in [0.717, 1.165) is 0 Å². The van der Waals surface area contributed by atoms with Gasteiger partial charge in [-0.1, -0.05) is 18.6 Å². The number of aromatic hydroxyl groups is 1. The van der Waals surface area contributed by atoms with Gasteiger partial charge in [0.05, 0.1) is 5.56 Å². The maximum absolute atomic E-state index is 10.1. The molecule has 0 saturated carbocycles. The van der Waals surface area contributed by atoms with E-state index in [1.165, 1.54) is 38.4 Å². The van der Waals surface area contributed by atoms with Crippen molar-refractivity contribution in [2.75, 3.05) is 13.1 Å². The second-order valence-corrected chi connectivity index (χ2v) is 3.49. The van der Waals surface area contributed by atoms with E-state index >= 15 is 0 Å². The number of para-hydroxylation sites is 1. The first-order valence-corrected chi connectivity index (χ1v) is 5.28. The van der Waals surface area contributed by atoms with Crippen LogP contribution in [0.3, 0.4) is 0 Å². The van der Waals surface area contributed by atoms with E-state index in [1.807, 2.05) is 0 Å². The van der Waals surface area contributed by atoms with Crippen molar-refractivity contribution in [3.05, 3.63) is 29.8 Å². The molecule has 0 aromatic heterocycles. The Morgan fingerprint density at radius 1 is 1.13 bits per heavy atom. The second-order valence-electron chi connectivity index (χ2n) is 3.49. The highest BCUT2D eigenvalue weighted by molar-refractivity contribution is 5.78. The van der Waals surface area contributed by atoms with Crippen molar-refractivity contribution in [1.29, 1.82) is 0 Å². The molecule has 1 aromatic carbocycles. The number of carbonyl (C=O) groups excluding carboxylic acids is 1. The summed E-state index contributed by atoms with van der Waals surface area (Å²) in [4.78, 5) is 10.1. The normalized spacial score (nSPS) is 14.9. The lowest BCUT2D eigenvalue weighted by Crippen LogP contribution is -2.21. The first-order chi connectivity index (χ1) is 7.34. The van der Waals surface area contributed by atoms with Crippen LogP contribution in [0.15, 0.2) is 24.3 Å². The maximum Gasteiger partial charge on any atom is 0.153 e. The van der Waals surface area contributed by atoms with E-state index in [9.17, 15) is 4.79 Å². The van der Waals surface area contributed by atoms with Crippen molar-refractivity contribution in [1.82, 2.24) is 5.32 Å². The lowest BCUT2D eigenvalue weighted by Gasteiger charge is -2.08. The predicted octanol–water partition coefficient (Wildman–Crippen LogP) is 1.96. The van der Waals surface area contributed by atoms with Gasteiger partial charge in [0.2, 0.25) is 0 Å². The fraction of sp³-hybridized carbons (Fsp3) is 0.417. The molecule has 0 atom stereocenters. The topological polar surface area (TPSA) is 49.3 Å². The third kappa shape index (κ3) is 4.61. The Hall–Kier alpha value is -1.35. The van der Waals surface area contributed by atoms with Crippen molar-refractivity contribution in [2.24, 2.45) is 0 Å². The zero-order valence-electron chi connectivity index (χ0n) is 8.78. The van der Waals surface area contributed by atoms with E-state index in [2.05, 4.69) is 5.32 Å². The highest BCUT2D eigenvalue weighted by Gasteiger charge is 1.94. The SMILES string of the molecule is C1CCNCC1.O=Cc1ccccc1O. The summed E-state index contributed by atoms with van der Waals surface area (Å²) in [6.07, 6.45) is 4.84. The van der Waals surface area contributed by atoms with Crippen LogP contribution >= 0.6 is 0 Å². The number of nitrogens with one attached hydrogen (secondary N) is 1. The number of rotatable bonds is 1. The first-order valence-electron chi connectivity index (χ1n) is 5.28. The van der Waals surface area contributed by atoms with Crippen molar-refractivity contribution >= 4 is 6.29 Å². The number of hydrogen-bond acceptors (Lipinski definition) is 3. The Kier molecular flexibility index (Phi) is 5.48. The number of aldehydes is 1. The number of piperidine rings is 1. The Balaban J connectivity index is 0.000000162. The van der Waals surface area contributed by atoms with Gasteiger partial charge >= 0.3 is 0 Å². The molecule has 0 amide bonds. The monoisotopic (exact) mass is 207 g/mol. The van der Waals surface area contributed by atoms with Crippen LogP contribution in [-0.2, 0) is 0 Å². The highest BCUT2D eigenvalue weighted by atomic mass is 16.3. The molecule has 0 aliphatic carbocycles. The summed E-state index contributed by atoms with van der Waals surface area (Å²) < 4.78 is 0. The molecule has 1 heterocycles. The third-order valence-corrected chi connectivity index (χ3v) is 2.27. The molecule has 3 nitrogen and oxygen atoms in total. The zero-order valence-corrected chi connectivity index (χ0v) is 8.78. The zero-order chi connectivity index (χ0) is 10.9. The molecular weight excluding hydrogens is 190 g/mol. The highest BCUT2D eigenvalue weighted by Crippen LogP contribution is 2.11. The number of benzene rings is 1. The fourth-order valence-corrected chi connectivity index (χ4v) is 1.39. The second kappa shape index (κ2) is 7.01. The number of phenolic OH excluding ortho intramolecular Hbond substituents is 1. The van der Waals surface area contributed by atoms with Crippen LogP contribution in [0.25, 0.3) is 0 Å². The molecule has 1 fully saturated rings. The Morgan fingerprint density at radius 3 is 2.13 bits per heavy atom. The molecular formula is C12H17NO2. The van der Waals surface area contributed by atoms with Crippen LogP contribution in [0.5, 0.6) is 5.75 Å². The molecule has 1 aliphatic rings. The number of phenols is 1. The van der Waals surface area contributed by atoms with E-state index in [1.54, 1.807) is 18.2 Å². The summed E-state index contributed by atoms with van der Waals surface area (Å²) in [6.45, 7) is 2.50. The molecule has 3 heteroatoms. The molecule has 1 saturated heterocycles.